The fourth-order valence-electron chi connectivity index (χ4n) is 1.92. The van der Waals surface area contributed by atoms with E-state index in [1.807, 2.05) is 12.1 Å². The first-order chi connectivity index (χ1) is 11.0. The molecule has 118 valence electrons. The second-order valence-corrected chi connectivity index (χ2v) is 5.59. The second-order valence-electron chi connectivity index (χ2n) is 5.15. The van der Waals surface area contributed by atoms with E-state index in [1.54, 1.807) is 56.6 Å². The monoisotopic (exact) mass is 328 g/mol. The molecule has 5 heteroatoms. The standard InChI is InChI=1S/C18H17ClN2O2/c1-21(2)18(23)14-7-9-16(10-8-14)20-17(22)11-6-13-4-3-5-15(19)12-13/h3-12H,1-2H3,(H,20,22)/b11-6+. The number of benzene rings is 2. The number of nitrogens with zero attached hydrogens (tertiary/aromatic N) is 1. The molecule has 0 saturated heterocycles. The highest BCUT2D eigenvalue weighted by molar-refractivity contribution is 6.30. The van der Waals surface area contributed by atoms with Crippen molar-refractivity contribution in [2.24, 2.45) is 0 Å². The van der Waals surface area contributed by atoms with Crippen LogP contribution in [0.4, 0.5) is 5.69 Å². The van der Waals surface area contributed by atoms with Gasteiger partial charge in [0.2, 0.25) is 5.91 Å². The Bertz CT molecular complexity index is 737. The van der Waals surface area contributed by atoms with Gasteiger partial charge < -0.3 is 10.2 Å². The minimum absolute atomic E-state index is 0.0799. The number of nitrogens with one attached hydrogen (secondary N) is 1. The van der Waals surface area contributed by atoms with Crippen molar-refractivity contribution in [2.45, 2.75) is 0 Å². The van der Waals surface area contributed by atoms with Crippen molar-refractivity contribution in [1.29, 1.82) is 0 Å². The van der Waals surface area contributed by atoms with Crippen LogP contribution in [0.25, 0.3) is 6.08 Å². The lowest BCUT2D eigenvalue weighted by atomic mass is 10.2. The number of carbonyl (C=O) groups is 2. The van der Waals surface area contributed by atoms with Gasteiger partial charge in [-0.05, 0) is 48.0 Å². The maximum atomic E-state index is 11.9. The van der Waals surface area contributed by atoms with Crippen LogP contribution in [0, 0.1) is 0 Å². The van der Waals surface area contributed by atoms with Gasteiger partial charge >= 0.3 is 0 Å². The largest absolute Gasteiger partial charge is 0.345 e. The molecule has 0 unspecified atom stereocenters. The Kier molecular flexibility index (Phi) is 5.55. The lowest BCUT2D eigenvalue weighted by molar-refractivity contribution is -0.111. The Balaban J connectivity index is 1.99. The Morgan fingerprint density at radius 3 is 2.39 bits per heavy atom. The van der Waals surface area contributed by atoms with Crippen molar-refractivity contribution >= 4 is 35.2 Å². The second kappa shape index (κ2) is 7.61. The molecule has 23 heavy (non-hydrogen) atoms. The van der Waals surface area contributed by atoms with Crippen LogP contribution < -0.4 is 5.32 Å². The van der Waals surface area contributed by atoms with E-state index in [-0.39, 0.29) is 11.8 Å². The Labute approximate surface area is 140 Å². The summed E-state index contributed by atoms with van der Waals surface area (Å²) in [4.78, 5) is 25.2. The number of anilines is 1. The zero-order chi connectivity index (χ0) is 16.8. The number of rotatable bonds is 4. The van der Waals surface area contributed by atoms with Crippen LogP contribution in [0.3, 0.4) is 0 Å². The summed E-state index contributed by atoms with van der Waals surface area (Å²) < 4.78 is 0. The molecule has 0 heterocycles. The molecule has 0 atom stereocenters. The summed E-state index contributed by atoms with van der Waals surface area (Å²) in [5.41, 5.74) is 2.04. The normalized spacial score (nSPS) is 10.6. The molecule has 1 N–H and O–H groups in total. The Hall–Kier alpha value is -2.59. The third-order valence-corrected chi connectivity index (χ3v) is 3.32. The molecule has 2 amide bonds. The zero-order valence-electron chi connectivity index (χ0n) is 12.9. The molecule has 0 aliphatic rings. The van der Waals surface area contributed by atoms with Crippen LogP contribution >= 0.6 is 11.6 Å². The fourth-order valence-corrected chi connectivity index (χ4v) is 2.12. The minimum Gasteiger partial charge on any atom is -0.345 e. The van der Waals surface area contributed by atoms with Crippen LogP contribution in [-0.4, -0.2) is 30.8 Å². The van der Waals surface area contributed by atoms with Crippen LogP contribution in [0.1, 0.15) is 15.9 Å². The highest BCUT2D eigenvalue weighted by atomic mass is 35.5. The number of carbonyl (C=O) groups excluding carboxylic acids is 2. The number of halogens is 1. The van der Waals surface area contributed by atoms with Gasteiger partial charge in [-0.25, -0.2) is 0 Å². The van der Waals surface area contributed by atoms with Crippen LogP contribution in [-0.2, 0) is 4.79 Å². The topological polar surface area (TPSA) is 49.4 Å². The van der Waals surface area contributed by atoms with E-state index in [9.17, 15) is 9.59 Å². The van der Waals surface area contributed by atoms with E-state index in [1.165, 1.54) is 11.0 Å². The molecule has 2 aromatic carbocycles. The van der Waals surface area contributed by atoms with Gasteiger partial charge in [0.25, 0.3) is 5.91 Å². The molecule has 0 spiro atoms. The van der Waals surface area contributed by atoms with Crippen molar-refractivity contribution in [3.63, 3.8) is 0 Å². The maximum absolute atomic E-state index is 11.9. The molecule has 0 aliphatic carbocycles. The molecule has 0 aliphatic heterocycles. The summed E-state index contributed by atoms with van der Waals surface area (Å²) in [5.74, 6) is -0.333. The molecule has 2 rings (SSSR count). The molecular weight excluding hydrogens is 312 g/mol. The summed E-state index contributed by atoms with van der Waals surface area (Å²) >= 11 is 5.89. The molecular formula is C18H17ClN2O2. The first-order valence-corrected chi connectivity index (χ1v) is 7.40. The summed E-state index contributed by atoms with van der Waals surface area (Å²) in [6.45, 7) is 0. The zero-order valence-corrected chi connectivity index (χ0v) is 13.7. The quantitative estimate of drug-likeness (QED) is 0.870. The van der Waals surface area contributed by atoms with Crippen LogP contribution in [0.2, 0.25) is 5.02 Å². The predicted octanol–water partition coefficient (Wildman–Crippen LogP) is 3.69. The van der Waals surface area contributed by atoms with Crippen molar-refractivity contribution in [2.75, 3.05) is 19.4 Å². The first-order valence-electron chi connectivity index (χ1n) is 7.02. The third-order valence-electron chi connectivity index (χ3n) is 3.08. The van der Waals surface area contributed by atoms with Crippen molar-refractivity contribution < 1.29 is 9.59 Å². The lowest BCUT2D eigenvalue weighted by Gasteiger charge is -2.10. The van der Waals surface area contributed by atoms with E-state index in [0.717, 1.165) is 5.56 Å². The van der Waals surface area contributed by atoms with Gasteiger partial charge in [-0.3, -0.25) is 9.59 Å². The predicted molar refractivity (Wildman–Crippen MR) is 93.6 cm³/mol. The van der Waals surface area contributed by atoms with Crippen molar-refractivity contribution in [3.05, 3.63) is 70.8 Å². The summed E-state index contributed by atoms with van der Waals surface area (Å²) in [6, 6.07) is 14.0. The molecule has 0 fully saturated rings. The molecule has 0 radical (unpaired) electrons. The SMILES string of the molecule is CN(C)C(=O)c1ccc(NC(=O)/C=C/c2cccc(Cl)c2)cc1. The number of amides is 2. The third kappa shape index (κ3) is 4.97. The molecule has 2 aromatic rings. The van der Waals surface area contributed by atoms with E-state index >= 15 is 0 Å². The summed E-state index contributed by atoms with van der Waals surface area (Å²) in [5, 5.41) is 3.36. The van der Waals surface area contributed by atoms with Gasteiger partial charge in [0.15, 0.2) is 0 Å². The van der Waals surface area contributed by atoms with Gasteiger partial charge in [-0.15, -0.1) is 0 Å². The van der Waals surface area contributed by atoms with Gasteiger partial charge in [0.1, 0.15) is 0 Å². The molecule has 4 nitrogen and oxygen atoms in total. The number of hydrogen-bond donors (Lipinski definition) is 1. The summed E-state index contributed by atoms with van der Waals surface area (Å²) in [7, 11) is 3.39. The van der Waals surface area contributed by atoms with Crippen LogP contribution in [0.15, 0.2) is 54.6 Å². The van der Waals surface area contributed by atoms with E-state index in [0.29, 0.717) is 16.3 Å². The molecule has 0 bridgehead atoms. The minimum atomic E-state index is -0.253. The van der Waals surface area contributed by atoms with Crippen molar-refractivity contribution in [1.82, 2.24) is 4.90 Å². The highest BCUT2D eigenvalue weighted by Crippen LogP contribution is 2.13. The Morgan fingerprint density at radius 1 is 1.09 bits per heavy atom. The van der Waals surface area contributed by atoms with E-state index in [4.69, 9.17) is 11.6 Å². The maximum Gasteiger partial charge on any atom is 0.253 e. The van der Waals surface area contributed by atoms with Gasteiger partial charge in [0, 0.05) is 36.4 Å². The van der Waals surface area contributed by atoms with E-state index in [2.05, 4.69) is 5.32 Å². The van der Waals surface area contributed by atoms with Gasteiger partial charge in [-0.1, -0.05) is 23.7 Å². The molecule has 0 saturated carbocycles. The fraction of sp³-hybridized carbons (Fsp3) is 0.111. The van der Waals surface area contributed by atoms with Gasteiger partial charge in [-0.2, -0.15) is 0 Å². The average Bonchev–Trinajstić information content (AvgIpc) is 2.53. The highest BCUT2D eigenvalue weighted by Gasteiger charge is 2.07. The first kappa shape index (κ1) is 16.8. The summed E-state index contributed by atoms with van der Waals surface area (Å²) in [6.07, 6.45) is 3.12. The Morgan fingerprint density at radius 2 is 1.78 bits per heavy atom. The smallest absolute Gasteiger partial charge is 0.253 e. The lowest BCUT2D eigenvalue weighted by Crippen LogP contribution is -2.21. The van der Waals surface area contributed by atoms with Gasteiger partial charge in [0.05, 0.1) is 0 Å². The van der Waals surface area contributed by atoms with Crippen molar-refractivity contribution in [3.8, 4) is 0 Å². The van der Waals surface area contributed by atoms with Crippen LogP contribution in [0.5, 0.6) is 0 Å². The molecule has 0 aromatic heterocycles. The number of hydrogen-bond acceptors (Lipinski definition) is 2. The average molecular weight is 329 g/mol. The van der Waals surface area contributed by atoms with E-state index < -0.39 is 0 Å².